The first kappa shape index (κ1) is 12.4. The molecule has 0 aliphatic rings. The summed E-state index contributed by atoms with van der Waals surface area (Å²) in [5.74, 6) is 0.290. The lowest BCUT2D eigenvalue weighted by molar-refractivity contribution is 0.101. The molecule has 98 valence electrons. The zero-order valence-electron chi connectivity index (χ0n) is 11.1. The second-order valence-corrected chi connectivity index (χ2v) is 4.81. The minimum absolute atomic E-state index is 0.0405. The average molecular weight is 262 g/mol. The minimum Gasteiger partial charge on any atom is -0.507 e. The largest absolute Gasteiger partial charge is 0.507 e. The molecule has 0 saturated heterocycles. The van der Waals surface area contributed by atoms with Crippen molar-refractivity contribution in [2.75, 3.05) is 0 Å². The van der Waals surface area contributed by atoms with E-state index in [0.717, 1.165) is 21.9 Å². The molecule has 0 unspecified atom stereocenters. The molecule has 0 heterocycles. The van der Waals surface area contributed by atoms with Crippen LogP contribution in [0, 0.1) is 0 Å². The van der Waals surface area contributed by atoms with Gasteiger partial charge in [0.1, 0.15) is 5.75 Å². The summed E-state index contributed by atoms with van der Waals surface area (Å²) in [7, 11) is 0. The summed E-state index contributed by atoms with van der Waals surface area (Å²) in [6, 6.07) is 18.9. The van der Waals surface area contributed by atoms with Crippen molar-refractivity contribution in [3.8, 4) is 16.9 Å². The number of carbonyl (C=O) groups is 1. The third-order valence-corrected chi connectivity index (χ3v) is 3.49. The van der Waals surface area contributed by atoms with Gasteiger partial charge >= 0.3 is 0 Å². The topological polar surface area (TPSA) is 37.3 Å². The van der Waals surface area contributed by atoms with Crippen LogP contribution in [0.2, 0.25) is 0 Å². The summed E-state index contributed by atoms with van der Waals surface area (Å²) in [4.78, 5) is 11.3. The Labute approximate surface area is 117 Å². The lowest BCUT2D eigenvalue weighted by atomic mass is 9.96. The first-order valence-electron chi connectivity index (χ1n) is 6.49. The molecular weight excluding hydrogens is 248 g/mol. The Hall–Kier alpha value is -2.61. The molecule has 0 aliphatic heterocycles. The van der Waals surface area contributed by atoms with Gasteiger partial charge in [-0.15, -0.1) is 0 Å². The Morgan fingerprint density at radius 2 is 1.60 bits per heavy atom. The maximum Gasteiger partial charge on any atom is 0.159 e. The molecule has 0 saturated carbocycles. The maximum atomic E-state index is 11.3. The highest BCUT2D eigenvalue weighted by Gasteiger charge is 2.09. The lowest BCUT2D eigenvalue weighted by Gasteiger charge is -2.10. The third kappa shape index (κ3) is 2.05. The molecule has 1 N–H and O–H groups in total. The van der Waals surface area contributed by atoms with Crippen molar-refractivity contribution in [2.24, 2.45) is 0 Å². The molecule has 20 heavy (non-hydrogen) atoms. The number of ketones is 1. The summed E-state index contributed by atoms with van der Waals surface area (Å²) >= 11 is 0. The van der Waals surface area contributed by atoms with Gasteiger partial charge in [-0.1, -0.05) is 54.6 Å². The number of fused-ring (bicyclic) bond motifs is 1. The molecule has 0 fully saturated rings. The van der Waals surface area contributed by atoms with E-state index >= 15 is 0 Å². The average Bonchev–Trinajstić information content (AvgIpc) is 2.47. The van der Waals surface area contributed by atoms with Crippen molar-refractivity contribution in [1.82, 2.24) is 0 Å². The van der Waals surface area contributed by atoms with E-state index in [9.17, 15) is 9.90 Å². The van der Waals surface area contributed by atoms with Gasteiger partial charge in [0.25, 0.3) is 0 Å². The highest BCUT2D eigenvalue weighted by molar-refractivity contribution is 6.00. The van der Waals surface area contributed by atoms with Crippen LogP contribution in [0.25, 0.3) is 21.9 Å². The molecule has 0 aliphatic carbocycles. The van der Waals surface area contributed by atoms with Crippen molar-refractivity contribution < 1.29 is 9.90 Å². The quantitative estimate of drug-likeness (QED) is 0.694. The Morgan fingerprint density at radius 1 is 0.900 bits per heavy atom. The predicted molar refractivity (Wildman–Crippen MR) is 81.1 cm³/mol. The smallest absolute Gasteiger partial charge is 0.159 e. The summed E-state index contributed by atoms with van der Waals surface area (Å²) in [5.41, 5.74) is 2.39. The van der Waals surface area contributed by atoms with Crippen LogP contribution in [0.5, 0.6) is 5.75 Å². The van der Waals surface area contributed by atoms with Gasteiger partial charge in [-0.3, -0.25) is 4.79 Å². The van der Waals surface area contributed by atoms with E-state index in [2.05, 4.69) is 0 Å². The Balaban J connectivity index is 2.23. The van der Waals surface area contributed by atoms with Crippen LogP contribution in [0.15, 0.2) is 60.7 Å². The number of Topliss-reactive ketones (excluding diaryl/α,β-unsaturated/α-hetero) is 1. The first-order chi connectivity index (χ1) is 9.66. The van der Waals surface area contributed by atoms with Gasteiger partial charge in [0, 0.05) is 11.1 Å². The van der Waals surface area contributed by atoms with Gasteiger partial charge in [0.15, 0.2) is 5.78 Å². The summed E-state index contributed by atoms with van der Waals surface area (Å²) in [5, 5.41) is 12.3. The van der Waals surface area contributed by atoms with Gasteiger partial charge in [-0.25, -0.2) is 0 Å². The molecule has 2 nitrogen and oxygen atoms in total. The molecule has 0 bridgehead atoms. The minimum atomic E-state index is 0.0405. The zero-order valence-corrected chi connectivity index (χ0v) is 11.1. The highest BCUT2D eigenvalue weighted by atomic mass is 16.3. The van der Waals surface area contributed by atoms with Crippen molar-refractivity contribution in [1.29, 1.82) is 0 Å². The number of phenols is 1. The SMILES string of the molecule is CC(=O)c1ccc(-c2c(O)ccc3ccccc23)cc1. The standard InChI is InChI=1S/C18H14O2/c1-12(19)13-6-8-15(9-7-13)18-16-5-3-2-4-14(16)10-11-17(18)20/h2-11,20H,1H3. The molecule has 2 heteroatoms. The van der Waals surface area contributed by atoms with Gasteiger partial charge in [-0.2, -0.15) is 0 Å². The van der Waals surface area contributed by atoms with Gasteiger partial charge in [0.05, 0.1) is 0 Å². The highest BCUT2D eigenvalue weighted by Crippen LogP contribution is 2.36. The van der Waals surface area contributed by atoms with E-state index in [1.807, 2.05) is 42.5 Å². The van der Waals surface area contributed by atoms with Gasteiger partial charge in [0.2, 0.25) is 0 Å². The summed E-state index contributed by atoms with van der Waals surface area (Å²) < 4.78 is 0. The van der Waals surface area contributed by atoms with Crippen LogP contribution < -0.4 is 0 Å². The predicted octanol–water partition coefficient (Wildman–Crippen LogP) is 4.42. The number of rotatable bonds is 2. The fourth-order valence-corrected chi connectivity index (χ4v) is 2.44. The monoisotopic (exact) mass is 262 g/mol. The molecule has 3 aromatic rings. The number of carbonyl (C=O) groups excluding carboxylic acids is 1. The molecule has 0 spiro atoms. The molecule has 0 aromatic heterocycles. The van der Waals surface area contributed by atoms with E-state index in [4.69, 9.17) is 0 Å². The van der Waals surface area contributed by atoms with E-state index in [1.165, 1.54) is 0 Å². The number of hydrogen-bond acceptors (Lipinski definition) is 2. The van der Waals surface area contributed by atoms with Crippen LogP contribution in [0.1, 0.15) is 17.3 Å². The second kappa shape index (κ2) is 4.82. The number of phenolic OH excluding ortho intramolecular Hbond substituents is 1. The Morgan fingerprint density at radius 3 is 2.30 bits per heavy atom. The number of benzene rings is 3. The molecule has 3 aromatic carbocycles. The lowest BCUT2D eigenvalue weighted by Crippen LogP contribution is -1.91. The van der Waals surface area contributed by atoms with E-state index < -0.39 is 0 Å². The second-order valence-electron chi connectivity index (χ2n) is 4.81. The summed E-state index contributed by atoms with van der Waals surface area (Å²) in [6.07, 6.45) is 0. The summed E-state index contributed by atoms with van der Waals surface area (Å²) in [6.45, 7) is 1.55. The van der Waals surface area contributed by atoms with Crippen LogP contribution >= 0.6 is 0 Å². The Bertz CT molecular complexity index is 786. The zero-order chi connectivity index (χ0) is 14.1. The molecule has 3 rings (SSSR count). The van der Waals surface area contributed by atoms with Crippen molar-refractivity contribution in [2.45, 2.75) is 6.92 Å². The first-order valence-corrected chi connectivity index (χ1v) is 6.49. The molecule has 0 radical (unpaired) electrons. The van der Waals surface area contributed by atoms with Crippen molar-refractivity contribution in [3.05, 3.63) is 66.2 Å². The van der Waals surface area contributed by atoms with E-state index in [0.29, 0.717) is 5.56 Å². The van der Waals surface area contributed by atoms with Crippen molar-refractivity contribution in [3.63, 3.8) is 0 Å². The van der Waals surface area contributed by atoms with Crippen molar-refractivity contribution >= 4 is 16.6 Å². The van der Waals surface area contributed by atoms with E-state index in [1.54, 1.807) is 25.1 Å². The fourth-order valence-electron chi connectivity index (χ4n) is 2.44. The number of hydrogen-bond donors (Lipinski definition) is 1. The van der Waals surface area contributed by atoms with Crippen LogP contribution in [0.4, 0.5) is 0 Å². The molecule has 0 atom stereocenters. The van der Waals surface area contributed by atoms with Crippen LogP contribution in [-0.4, -0.2) is 10.9 Å². The van der Waals surface area contributed by atoms with Gasteiger partial charge < -0.3 is 5.11 Å². The van der Waals surface area contributed by atoms with Crippen LogP contribution in [0.3, 0.4) is 0 Å². The fraction of sp³-hybridized carbons (Fsp3) is 0.0556. The molecule has 0 amide bonds. The number of aromatic hydroxyl groups is 1. The molecular formula is C18H14O2. The normalized spacial score (nSPS) is 10.7. The maximum absolute atomic E-state index is 11.3. The third-order valence-electron chi connectivity index (χ3n) is 3.49. The van der Waals surface area contributed by atoms with E-state index in [-0.39, 0.29) is 11.5 Å². The Kier molecular flexibility index (Phi) is 2.99. The van der Waals surface area contributed by atoms with Gasteiger partial charge in [-0.05, 0) is 29.3 Å². The van der Waals surface area contributed by atoms with Crippen LogP contribution in [-0.2, 0) is 0 Å².